The van der Waals surface area contributed by atoms with Crippen LogP contribution in [0.5, 0.6) is 5.75 Å². The van der Waals surface area contributed by atoms with Gasteiger partial charge in [-0.1, -0.05) is 31.5 Å². The van der Waals surface area contributed by atoms with Crippen molar-refractivity contribution in [3.8, 4) is 5.75 Å². The van der Waals surface area contributed by atoms with Gasteiger partial charge in [-0.15, -0.1) is 0 Å². The summed E-state index contributed by atoms with van der Waals surface area (Å²) in [5, 5.41) is 2.90. The maximum Gasteiger partial charge on any atom is 0.260 e. The SMILES string of the molecule is Cc1ccc(OC(C)C(=O)NCCC(C)C)c([C@@H](C)N)c1. The van der Waals surface area contributed by atoms with E-state index in [-0.39, 0.29) is 11.9 Å². The number of benzene rings is 1. The van der Waals surface area contributed by atoms with E-state index in [9.17, 15) is 4.79 Å². The van der Waals surface area contributed by atoms with Crippen molar-refractivity contribution in [2.75, 3.05) is 6.54 Å². The molecule has 0 aliphatic rings. The Balaban J connectivity index is 2.65. The van der Waals surface area contributed by atoms with E-state index in [1.807, 2.05) is 32.0 Å². The number of hydrogen-bond donors (Lipinski definition) is 2. The molecule has 4 heteroatoms. The minimum absolute atomic E-state index is 0.0909. The molecule has 118 valence electrons. The average Bonchev–Trinajstić information content (AvgIpc) is 2.39. The van der Waals surface area contributed by atoms with E-state index in [1.165, 1.54) is 0 Å². The van der Waals surface area contributed by atoms with Crippen molar-refractivity contribution in [2.45, 2.75) is 53.2 Å². The fourth-order valence-electron chi connectivity index (χ4n) is 2.00. The molecule has 1 unspecified atom stereocenters. The monoisotopic (exact) mass is 292 g/mol. The van der Waals surface area contributed by atoms with Crippen LogP contribution in [0.2, 0.25) is 0 Å². The zero-order valence-corrected chi connectivity index (χ0v) is 13.8. The second kappa shape index (κ2) is 8.03. The van der Waals surface area contributed by atoms with Gasteiger partial charge >= 0.3 is 0 Å². The molecule has 1 amide bonds. The largest absolute Gasteiger partial charge is 0.481 e. The summed E-state index contributed by atoms with van der Waals surface area (Å²) in [5.41, 5.74) is 8.02. The number of amides is 1. The summed E-state index contributed by atoms with van der Waals surface area (Å²) in [6, 6.07) is 5.72. The highest BCUT2D eigenvalue weighted by atomic mass is 16.5. The number of hydrogen-bond acceptors (Lipinski definition) is 3. The molecule has 0 aliphatic heterocycles. The zero-order valence-electron chi connectivity index (χ0n) is 13.8. The van der Waals surface area contributed by atoms with Crippen LogP contribution in [0.1, 0.15) is 51.3 Å². The molecule has 0 heterocycles. The minimum atomic E-state index is -0.530. The number of ether oxygens (including phenoxy) is 1. The van der Waals surface area contributed by atoms with Crippen LogP contribution in [0.25, 0.3) is 0 Å². The first-order valence-electron chi connectivity index (χ1n) is 7.61. The first-order chi connectivity index (χ1) is 9.81. The van der Waals surface area contributed by atoms with Crippen molar-refractivity contribution in [1.82, 2.24) is 5.32 Å². The van der Waals surface area contributed by atoms with Gasteiger partial charge in [-0.3, -0.25) is 4.79 Å². The van der Waals surface area contributed by atoms with E-state index >= 15 is 0 Å². The van der Waals surface area contributed by atoms with Gasteiger partial charge in [0.05, 0.1) is 0 Å². The molecule has 0 aromatic heterocycles. The molecule has 0 saturated heterocycles. The average molecular weight is 292 g/mol. The van der Waals surface area contributed by atoms with Crippen LogP contribution in [0.4, 0.5) is 0 Å². The molecule has 21 heavy (non-hydrogen) atoms. The Labute approximate surface area is 128 Å². The molecular formula is C17H28N2O2. The Morgan fingerprint density at radius 3 is 2.52 bits per heavy atom. The molecule has 0 spiro atoms. The van der Waals surface area contributed by atoms with Crippen molar-refractivity contribution in [1.29, 1.82) is 0 Å². The van der Waals surface area contributed by atoms with E-state index < -0.39 is 6.10 Å². The molecule has 0 bridgehead atoms. The van der Waals surface area contributed by atoms with Gasteiger partial charge in [-0.25, -0.2) is 0 Å². The number of aryl methyl sites for hydroxylation is 1. The van der Waals surface area contributed by atoms with E-state index in [4.69, 9.17) is 10.5 Å². The van der Waals surface area contributed by atoms with Crippen LogP contribution in [0, 0.1) is 12.8 Å². The third kappa shape index (κ3) is 5.76. The van der Waals surface area contributed by atoms with Crippen molar-refractivity contribution in [3.05, 3.63) is 29.3 Å². The van der Waals surface area contributed by atoms with Gasteiger partial charge in [0.25, 0.3) is 5.91 Å². The summed E-state index contributed by atoms with van der Waals surface area (Å²) in [5.74, 6) is 1.16. The van der Waals surface area contributed by atoms with Crippen LogP contribution in [0.3, 0.4) is 0 Å². The van der Waals surface area contributed by atoms with Crippen molar-refractivity contribution in [2.24, 2.45) is 11.7 Å². The highest BCUT2D eigenvalue weighted by molar-refractivity contribution is 5.80. The summed E-state index contributed by atoms with van der Waals surface area (Å²) in [4.78, 5) is 12.0. The first kappa shape index (κ1) is 17.5. The third-order valence-electron chi connectivity index (χ3n) is 3.35. The number of carbonyl (C=O) groups excluding carboxylic acids is 1. The predicted molar refractivity (Wildman–Crippen MR) is 86.3 cm³/mol. The highest BCUT2D eigenvalue weighted by Crippen LogP contribution is 2.26. The lowest BCUT2D eigenvalue weighted by molar-refractivity contribution is -0.127. The third-order valence-corrected chi connectivity index (χ3v) is 3.35. The molecule has 1 aromatic carbocycles. The highest BCUT2D eigenvalue weighted by Gasteiger charge is 2.17. The summed E-state index contributed by atoms with van der Waals surface area (Å²) in [6.45, 7) is 10.6. The fraction of sp³-hybridized carbons (Fsp3) is 0.588. The zero-order chi connectivity index (χ0) is 16.0. The van der Waals surface area contributed by atoms with Gasteiger partial charge in [0.1, 0.15) is 5.75 Å². The van der Waals surface area contributed by atoms with Crippen molar-refractivity contribution in [3.63, 3.8) is 0 Å². The number of rotatable bonds is 7. The molecule has 0 fully saturated rings. The van der Waals surface area contributed by atoms with Gasteiger partial charge in [-0.05, 0) is 39.2 Å². The Morgan fingerprint density at radius 1 is 1.29 bits per heavy atom. The van der Waals surface area contributed by atoms with Gasteiger partial charge < -0.3 is 15.8 Å². The number of nitrogens with one attached hydrogen (secondary N) is 1. The predicted octanol–water partition coefficient (Wildman–Crippen LogP) is 2.94. The topological polar surface area (TPSA) is 64.3 Å². The van der Waals surface area contributed by atoms with Crippen molar-refractivity contribution < 1.29 is 9.53 Å². The molecule has 1 rings (SSSR count). The summed E-state index contributed by atoms with van der Waals surface area (Å²) >= 11 is 0. The van der Waals surface area contributed by atoms with Crippen molar-refractivity contribution >= 4 is 5.91 Å². The lowest BCUT2D eigenvalue weighted by atomic mass is 10.1. The van der Waals surface area contributed by atoms with E-state index in [0.717, 1.165) is 17.5 Å². The molecule has 0 saturated carbocycles. The second-order valence-corrected chi connectivity index (χ2v) is 6.06. The second-order valence-electron chi connectivity index (χ2n) is 6.06. The quantitative estimate of drug-likeness (QED) is 0.812. The summed E-state index contributed by atoms with van der Waals surface area (Å²) < 4.78 is 5.79. The molecule has 0 radical (unpaired) electrons. The van der Waals surface area contributed by atoms with Crippen LogP contribution in [0.15, 0.2) is 18.2 Å². The Hall–Kier alpha value is -1.55. The number of nitrogens with two attached hydrogens (primary N) is 1. The van der Waals surface area contributed by atoms with Crippen LogP contribution >= 0.6 is 0 Å². The van der Waals surface area contributed by atoms with E-state index in [1.54, 1.807) is 6.92 Å². The summed E-state index contributed by atoms with van der Waals surface area (Å²) in [6.07, 6.45) is 0.436. The smallest absolute Gasteiger partial charge is 0.260 e. The Kier molecular flexibility index (Phi) is 6.69. The maximum absolute atomic E-state index is 12.0. The lowest BCUT2D eigenvalue weighted by Gasteiger charge is -2.19. The molecule has 2 atom stereocenters. The lowest BCUT2D eigenvalue weighted by Crippen LogP contribution is -2.37. The van der Waals surface area contributed by atoms with E-state index in [0.29, 0.717) is 18.2 Å². The molecule has 0 aliphatic carbocycles. The van der Waals surface area contributed by atoms with Crippen LogP contribution in [-0.2, 0) is 4.79 Å². The number of carbonyl (C=O) groups is 1. The minimum Gasteiger partial charge on any atom is -0.481 e. The fourth-order valence-corrected chi connectivity index (χ4v) is 2.00. The molecule has 4 nitrogen and oxygen atoms in total. The molecule has 3 N–H and O–H groups in total. The normalized spacial score (nSPS) is 13.9. The van der Waals surface area contributed by atoms with Crippen LogP contribution in [-0.4, -0.2) is 18.6 Å². The van der Waals surface area contributed by atoms with Gasteiger partial charge in [-0.2, -0.15) is 0 Å². The summed E-state index contributed by atoms with van der Waals surface area (Å²) in [7, 11) is 0. The van der Waals surface area contributed by atoms with Gasteiger partial charge in [0.15, 0.2) is 6.10 Å². The van der Waals surface area contributed by atoms with Gasteiger partial charge in [0.2, 0.25) is 0 Å². The molecule has 1 aromatic rings. The molecular weight excluding hydrogens is 264 g/mol. The van der Waals surface area contributed by atoms with Crippen LogP contribution < -0.4 is 15.8 Å². The maximum atomic E-state index is 12.0. The van der Waals surface area contributed by atoms with E-state index in [2.05, 4.69) is 19.2 Å². The Morgan fingerprint density at radius 2 is 1.95 bits per heavy atom. The standard InChI is InChI=1S/C17H28N2O2/c1-11(2)8-9-19-17(20)14(5)21-16-7-6-12(3)10-15(16)13(4)18/h6-7,10-11,13-14H,8-9,18H2,1-5H3,(H,19,20)/t13-,14?/m1/s1. The van der Waals surface area contributed by atoms with Gasteiger partial charge in [0, 0.05) is 18.2 Å². The Bertz CT molecular complexity index is 470. The first-order valence-corrected chi connectivity index (χ1v) is 7.61.